The zero-order valence-corrected chi connectivity index (χ0v) is 12.4. The molecule has 0 radical (unpaired) electrons. The van der Waals surface area contributed by atoms with Crippen LogP contribution < -0.4 is 10.9 Å². The number of benzene rings is 1. The Bertz CT molecular complexity index is 993. The van der Waals surface area contributed by atoms with Gasteiger partial charge in [-0.25, -0.2) is 4.68 Å². The largest absolute Gasteiger partial charge is 0.316 e. The molecule has 0 aliphatic heterocycles. The third-order valence-corrected chi connectivity index (χ3v) is 3.45. The van der Waals surface area contributed by atoms with Gasteiger partial charge in [0.15, 0.2) is 0 Å². The minimum absolute atomic E-state index is 0.0844. The summed E-state index contributed by atoms with van der Waals surface area (Å²) in [6.45, 7) is -1.12. The van der Waals surface area contributed by atoms with E-state index in [1.807, 2.05) is 0 Å². The van der Waals surface area contributed by atoms with Crippen molar-refractivity contribution in [3.8, 4) is 5.69 Å². The van der Waals surface area contributed by atoms with Gasteiger partial charge in [0.1, 0.15) is 5.69 Å². The van der Waals surface area contributed by atoms with Gasteiger partial charge in [-0.1, -0.05) is 18.2 Å². The molecule has 0 aliphatic rings. The van der Waals surface area contributed by atoms with Gasteiger partial charge in [-0.3, -0.25) is 19.3 Å². The Kier molecular flexibility index (Phi) is 2.94. The van der Waals surface area contributed by atoms with E-state index in [1.165, 1.54) is 19.3 Å². The molecule has 6 nitrogen and oxygen atoms in total. The van der Waals surface area contributed by atoms with Gasteiger partial charge in [0.05, 0.1) is 16.9 Å². The van der Waals surface area contributed by atoms with Crippen molar-refractivity contribution in [2.45, 2.75) is 6.92 Å². The average Bonchev–Trinajstić information content (AvgIpc) is 2.88. The van der Waals surface area contributed by atoms with Gasteiger partial charge in [0.25, 0.3) is 11.5 Å². The first-order valence-corrected chi connectivity index (χ1v) is 6.92. The molecule has 1 N–H and O–H groups in total. The smallest absolute Gasteiger partial charge is 0.295 e. The third kappa shape index (κ3) is 2.66. The number of para-hydroxylation sites is 1. The van der Waals surface area contributed by atoms with Crippen LogP contribution in [0.25, 0.3) is 5.69 Å². The molecule has 1 amide bonds. The van der Waals surface area contributed by atoms with Gasteiger partial charge < -0.3 is 5.32 Å². The van der Waals surface area contributed by atoms with Gasteiger partial charge in [-0.05, 0) is 31.2 Å². The summed E-state index contributed by atoms with van der Waals surface area (Å²) in [5.41, 5.74) is 0.0785. The summed E-state index contributed by atoms with van der Waals surface area (Å²) in [5, 5.41) is 2.51. The molecule has 1 aromatic carbocycles. The van der Waals surface area contributed by atoms with Crippen LogP contribution in [0.3, 0.4) is 0 Å². The maximum Gasteiger partial charge on any atom is 0.295 e. The molecular weight excluding hydrogens is 292 g/mol. The Hall–Kier alpha value is -3.15. The lowest BCUT2D eigenvalue weighted by atomic mass is 10.2. The van der Waals surface area contributed by atoms with Crippen molar-refractivity contribution in [2.75, 3.05) is 5.32 Å². The minimum atomic E-state index is -2.60. The van der Waals surface area contributed by atoms with Crippen molar-refractivity contribution < 1.29 is 8.91 Å². The Morgan fingerprint density at radius 1 is 1.22 bits per heavy atom. The van der Waals surface area contributed by atoms with Crippen molar-refractivity contribution in [2.24, 2.45) is 6.98 Å². The number of amides is 1. The number of nitrogens with zero attached hydrogens (tertiary/aromatic N) is 3. The molecule has 6 heteroatoms. The van der Waals surface area contributed by atoms with Crippen molar-refractivity contribution in [3.05, 3.63) is 76.5 Å². The number of rotatable bonds is 3. The lowest BCUT2D eigenvalue weighted by Crippen LogP contribution is -2.23. The Morgan fingerprint density at radius 3 is 2.65 bits per heavy atom. The Labute approximate surface area is 137 Å². The van der Waals surface area contributed by atoms with Crippen LogP contribution >= 0.6 is 0 Å². The highest BCUT2D eigenvalue weighted by Crippen LogP contribution is 2.14. The van der Waals surface area contributed by atoms with E-state index in [4.69, 9.17) is 4.11 Å². The molecule has 2 heterocycles. The molecular formula is C17H16N4O2. The number of carbonyl (C=O) groups excluding carboxylic acids is 1. The first-order valence-electron chi connectivity index (χ1n) is 8.42. The van der Waals surface area contributed by atoms with E-state index in [9.17, 15) is 9.59 Å². The summed E-state index contributed by atoms with van der Waals surface area (Å²) >= 11 is 0. The van der Waals surface area contributed by atoms with E-state index in [2.05, 4.69) is 10.3 Å². The van der Waals surface area contributed by atoms with Gasteiger partial charge in [0.2, 0.25) is 0 Å². The van der Waals surface area contributed by atoms with Crippen LogP contribution in [0, 0.1) is 6.92 Å². The summed E-state index contributed by atoms with van der Waals surface area (Å²) in [6.07, 6.45) is 2.89. The summed E-state index contributed by atoms with van der Waals surface area (Å²) in [7, 11) is 0. The topological polar surface area (TPSA) is 68.9 Å². The molecule has 0 saturated carbocycles. The van der Waals surface area contributed by atoms with Crippen LogP contribution in [-0.2, 0) is 6.98 Å². The molecule has 0 unspecified atom stereocenters. The number of anilines is 1. The second kappa shape index (κ2) is 5.92. The zero-order chi connectivity index (χ0) is 18.9. The van der Waals surface area contributed by atoms with Gasteiger partial charge >= 0.3 is 0 Å². The summed E-state index contributed by atoms with van der Waals surface area (Å²) in [5.74, 6) is -0.541. The maximum atomic E-state index is 12.9. The van der Waals surface area contributed by atoms with E-state index >= 15 is 0 Å². The SMILES string of the molecule is [2H]C([2H])([2H])n1c(C)c(NC(=O)c2cccnc2)c(=O)n1-c1ccccc1. The van der Waals surface area contributed by atoms with E-state index in [0.29, 0.717) is 5.69 Å². The maximum absolute atomic E-state index is 12.9. The van der Waals surface area contributed by atoms with Crippen LogP contribution in [0.2, 0.25) is 0 Å². The predicted octanol–water partition coefficient (Wildman–Crippen LogP) is 2.13. The van der Waals surface area contributed by atoms with Crippen molar-refractivity contribution in [3.63, 3.8) is 0 Å². The molecule has 2 aromatic heterocycles. The minimum Gasteiger partial charge on any atom is -0.316 e. The summed E-state index contributed by atoms with van der Waals surface area (Å²) in [4.78, 5) is 29.1. The molecule has 0 atom stereocenters. The van der Waals surface area contributed by atoms with Crippen molar-refractivity contribution in [1.82, 2.24) is 14.3 Å². The highest BCUT2D eigenvalue weighted by molar-refractivity contribution is 6.04. The van der Waals surface area contributed by atoms with Crippen molar-refractivity contribution in [1.29, 1.82) is 0 Å². The number of carbonyl (C=O) groups is 1. The van der Waals surface area contributed by atoms with Crippen LogP contribution in [0.4, 0.5) is 5.69 Å². The zero-order valence-electron chi connectivity index (χ0n) is 15.4. The Morgan fingerprint density at radius 2 is 2.00 bits per heavy atom. The van der Waals surface area contributed by atoms with E-state index in [-0.39, 0.29) is 16.9 Å². The van der Waals surface area contributed by atoms with E-state index in [1.54, 1.807) is 42.5 Å². The fourth-order valence-electron chi connectivity index (χ4n) is 2.24. The molecule has 116 valence electrons. The molecule has 0 bridgehead atoms. The highest BCUT2D eigenvalue weighted by atomic mass is 16.2. The van der Waals surface area contributed by atoms with Gasteiger partial charge in [-0.15, -0.1) is 0 Å². The van der Waals surface area contributed by atoms with Crippen molar-refractivity contribution >= 4 is 11.6 Å². The van der Waals surface area contributed by atoms with Crippen LogP contribution in [0.15, 0.2) is 59.7 Å². The Balaban J connectivity index is 2.15. The highest BCUT2D eigenvalue weighted by Gasteiger charge is 2.18. The average molecular weight is 311 g/mol. The number of pyridine rings is 1. The van der Waals surface area contributed by atoms with Gasteiger partial charge in [0, 0.05) is 23.5 Å². The molecule has 3 rings (SSSR count). The van der Waals surface area contributed by atoms with E-state index in [0.717, 1.165) is 9.36 Å². The van der Waals surface area contributed by atoms with Crippen LogP contribution in [-0.4, -0.2) is 20.3 Å². The second-order valence-corrected chi connectivity index (χ2v) is 4.92. The van der Waals surface area contributed by atoms with E-state index < -0.39 is 18.4 Å². The second-order valence-electron chi connectivity index (χ2n) is 4.92. The number of hydrogen-bond donors (Lipinski definition) is 1. The third-order valence-electron chi connectivity index (χ3n) is 3.45. The van der Waals surface area contributed by atoms with Gasteiger partial charge in [-0.2, -0.15) is 0 Å². The molecule has 0 spiro atoms. The molecule has 0 saturated heterocycles. The van der Waals surface area contributed by atoms with Crippen LogP contribution in [0.1, 0.15) is 20.2 Å². The quantitative estimate of drug-likeness (QED) is 0.805. The lowest BCUT2D eigenvalue weighted by Gasteiger charge is -2.07. The first-order chi connectivity index (χ1) is 12.3. The monoisotopic (exact) mass is 311 g/mol. The summed E-state index contributed by atoms with van der Waals surface area (Å²) in [6, 6.07) is 11.5. The number of hydrogen-bond acceptors (Lipinski definition) is 3. The summed E-state index contributed by atoms with van der Waals surface area (Å²) < 4.78 is 25.3. The molecule has 23 heavy (non-hydrogen) atoms. The first kappa shape index (κ1) is 11.4. The fraction of sp³-hybridized carbons (Fsp3) is 0.118. The standard InChI is InChI=1S/C17H16N4O2/c1-12-15(19-16(22)13-7-6-10-18-11-13)17(23)21(20(12)2)14-8-4-3-5-9-14/h3-11H,1-2H3,(H,19,22)/i2D3. The molecule has 0 fully saturated rings. The molecule has 3 aromatic rings. The lowest BCUT2D eigenvalue weighted by molar-refractivity contribution is 0.102. The van der Waals surface area contributed by atoms with Crippen LogP contribution in [0.5, 0.6) is 0 Å². The normalized spacial score (nSPS) is 13.0. The number of aromatic nitrogens is 3. The molecule has 0 aliphatic carbocycles. The number of nitrogens with one attached hydrogen (secondary N) is 1. The fourth-order valence-corrected chi connectivity index (χ4v) is 2.24. The predicted molar refractivity (Wildman–Crippen MR) is 87.9 cm³/mol.